The molecule has 3 rings (SSSR count). The topological polar surface area (TPSA) is 0 Å². The lowest BCUT2D eigenvalue weighted by molar-refractivity contribution is -0.143. The Balaban J connectivity index is 2.26. The van der Waals surface area contributed by atoms with Crippen LogP contribution in [-0.4, -0.2) is 0 Å². The Kier molecular flexibility index (Phi) is 6.76. The summed E-state index contributed by atoms with van der Waals surface area (Å²) in [6.07, 6.45) is -20.1. The number of alkyl halides is 12. The minimum Gasteiger partial charge on any atom is -0.166 e. The maximum absolute atomic E-state index is 13.3. The second kappa shape index (κ2) is 8.89. The summed E-state index contributed by atoms with van der Waals surface area (Å²) in [7, 11) is -2.49. The van der Waals surface area contributed by atoms with Gasteiger partial charge in [-0.3, -0.25) is 0 Å². The van der Waals surface area contributed by atoms with E-state index >= 15 is 0 Å². The van der Waals surface area contributed by atoms with Crippen LogP contribution in [0, 0.1) is 12.1 Å². The van der Waals surface area contributed by atoms with Crippen LogP contribution in [0.25, 0.3) is 0 Å². The van der Waals surface area contributed by atoms with Gasteiger partial charge < -0.3 is 0 Å². The van der Waals surface area contributed by atoms with E-state index in [1.54, 1.807) is 6.07 Å². The third-order valence-corrected chi connectivity index (χ3v) is 6.89. The summed E-state index contributed by atoms with van der Waals surface area (Å²) in [5, 5.41) is 0. The molecule has 13 heteroatoms. The largest absolute Gasteiger partial charge is 0.424 e. The van der Waals surface area contributed by atoms with Gasteiger partial charge in [0, 0.05) is 4.90 Å². The van der Waals surface area contributed by atoms with Gasteiger partial charge in [-0.25, -0.2) is 0 Å². The summed E-state index contributed by atoms with van der Waals surface area (Å²) in [6, 6.07) is 8.60. The number of rotatable bonds is 3. The van der Waals surface area contributed by atoms with Crippen molar-refractivity contribution < 1.29 is 52.7 Å². The van der Waals surface area contributed by atoms with Gasteiger partial charge in [-0.1, -0.05) is 12.1 Å². The molecule has 0 radical (unpaired) electrons. The van der Waals surface area contributed by atoms with Crippen molar-refractivity contribution in [3.63, 3.8) is 0 Å². The van der Waals surface area contributed by atoms with Crippen LogP contribution in [0.1, 0.15) is 22.3 Å². The zero-order chi connectivity index (χ0) is 26.4. The van der Waals surface area contributed by atoms with Gasteiger partial charge in [0.15, 0.2) is 0 Å². The van der Waals surface area contributed by atoms with Gasteiger partial charge in [0.05, 0.1) is 16.7 Å². The maximum atomic E-state index is 13.3. The number of hydrogen-bond donors (Lipinski definition) is 1. The van der Waals surface area contributed by atoms with Crippen LogP contribution in [0.2, 0.25) is 0 Å². The summed E-state index contributed by atoms with van der Waals surface area (Å²) in [5.74, 6) is 0. The van der Waals surface area contributed by atoms with Crippen molar-refractivity contribution in [3.8, 4) is 0 Å². The van der Waals surface area contributed by atoms with E-state index in [2.05, 4.69) is 6.07 Å². The zero-order valence-electron chi connectivity index (χ0n) is 16.7. The Hall–Kier alpha value is -3.01. The monoisotopic (exact) mass is 534 g/mol. The molecule has 3 aromatic rings. The minimum absolute atomic E-state index is 0.133. The van der Waals surface area contributed by atoms with Crippen LogP contribution >= 0.6 is 10.9 Å². The molecule has 0 saturated carbocycles. The second-order valence-corrected chi connectivity index (χ2v) is 9.21. The lowest BCUT2D eigenvalue weighted by atomic mass is 10.1. The van der Waals surface area contributed by atoms with E-state index in [9.17, 15) is 52.7 Å². The van der Waals surface area contributed by atoms with E-state index in [0.29, 0.717) is 30.3 Å². The third-order valence-electron chi connectivity index (χ3n) is 4.56. The van der Waals surface area contributed by atoms with Crippen LogP contribution in [-0.2, 0) is 24.7 Å². The van der Waals surface area contributed by atoms with Crippen molar-refractivity contribution in [2.45, 2.75) is 39.4 Å². The van der Waals surface area contributed by atoms with Gasteiger partial charge >= 0.3 is 24.7 Å². The van der Waals surface area contributed by atoms with E-state index in [-0.39, 0.29) is 15.9 Å². The van der Waals surface area contributed by atoms with Gasteiger partial charge in [-0.15, -0.1) is 0 Å². The third kappa shape index (κ3) is 6.17. The molecule has 0 fully saturated rings. The molecule has 0 N–H and O–H groups in total. The average Bonchev–Trinajstić information content (AvgIpc) is 2.72. The lowest BCUT2D eigenvalue weighted by Gasteiger charge is -2.25. The van der Waals surface area contributed by atoms with Crippen LogP contribution < -0.4 is 0 Å². The Bertz CT molecular complexity index is 1080. The molecule has 0 nitrogen and oxygen atoms in total. The van der Waals surface area contributed by atoms with E-state index < -0.39 is 62.7 Å². The Morgan fingerprint density at radius 3 is 1.31 bits per heavy atom. The number of thiol groups is 1. The highest BCUT2D eigenvalue weighted by Crippen LogP contribution is 2.53. The molecule has 0 aromatic heterocycles. The van der Waals surface area contributed by atoms with Gasteiger partial charge in [0.25, 0.3) is 0 Å². The first-order chi connectivity index (χ1) is 15.9. The number of benzene rings is 2. The first-order valence-corrected chi connectivity index (χ1v) is 10.5. The fourth-order valence-corrected chi connectivity index (χ4v) is 5.20. The summed E-state index contributed by atoms with van der Waals surface area (Å²) in [5.41, 5.74) is -5.81. The summed E-state index contributed by atoms with van der Waals surface area (Å²) >= 11 is 0. The van der Waals surface area contributed by atoms with Crippen LogP contribution in [0.15, 0.2) is 69.3 Å². The van der Waals surface area contributed by atoms with Crippen LogP contribution in [0.5, 0.6) is 0 Å². The molecular weight excluding hydrogens is 524 g/mol. The number of hydrogen-bond acceptors (Lipinski definition) is 0. The normalized spacial score (nSPS) is 13.4. The molecule has 1 atom stereocenters. The SMILES string of the molecule is FC(F)(F)c1c#cc([SH](c2ccc(C(F)(F)F)cc2)c2cc(C(F)(F)F)cc(C(F)(F)F)c2)cc1. The van der Waals surface area contributed by atoms with Gasteiger partial charge in [0.1, 0.15) is 5.56 Å². The van der Waals surface area contributed by atoms with Crippen molar-refractivity contribution in [2.75, 3.05) is 0 Å². The van der Waals surface area contributed by atoms with E-state index in [4.69, 9.17) is 0 Å². The molecule has 0 aliphatic heterocycles. The predicted octanol–water partition coefficient (Wildman–Crippen LogP) is 8.84. The van der Waals surface area contributed by atoms with Crippen molar-refractivity contribution in [1.29, 1.82) is 0 Å². The molecule has 35 heavy (non-hydrogen) atoms. The fourth-order valence-electron chi connectivity index (χ4n) is 2.97. The molecule has 0 aliphatic rings. The first-order valence-electron chi connectivity index (χ1n) is 9.15. The van der Waals surface area contributed by atoms with Crippen molar-refractivity contribution >= 4 is 10.9 Å². The van der Waals surface area contributed by atoms with Gasteiger partial charge in [0.2, 0.25) is 0 Å². The Morgan fingerprint density at radius 2 is 0.943 bits per heavy atom. The molecular formula is C22H10F12S. The van der Waals surface area contributed by atoms with Crippen molar-refractivity contribution in [1.82, 2.24) is 0 Å². The van der Waals surface area contributed by atoms with Gasteiger partial charge in [-0.05, 0) is 64.4 Å². The summed E-state index contributed by atoms with van der Waals surface area (Å²) in [6.45, 7) is 0. The Morgan fingerprint density at radius 1 is 0.457 bits per heavy atom. The molecule has 0 spiro atoms. The highest BCUT2D eigenvalue weighted by molar-refractivity contribution is 8.17. The Labute approximate surface area is 192 Å². The molecule has 1 unspecified atom stereocenters. The molecule has 3 aromatic carbocycles. The van der Waals surface area contributed by atoms with Crippen LogP contribution in [0.3, 0.4) is 0 Å². The summed E-state index contributed by atoms with van der Waals surface area (Å²) in [4.78, 5) is -1.03. The molecule has 0 amide bonds. The molecule has 0 heterocycles. The number of halogens is 12. The molecule has 0 aliphatic carbocycles. The quantitative estimate of drug-likeness (QED) is 0.252. The van der Waals surface area contributed by atoms with E-state index in [1.807, 2.05) is 0 Å². The zero-order valence-corrected chi connectivity index (χ0v) is 17.6. The standard InChI is InChI=1S/C22H10F12S/c23-19(24,25)12-1-5-16(6-2-12)35(17-7-3-13(4-8-17)20(26,27)28)18-10-14(21(29,30)31)9-15(11-18)22(32,33)34/h1-3,5-7,9-11,35H. The van der Waals surface area contributed by atoms with Crippen molar-refractivity contribution in [3.05, 3.63) is 89.0 Å². The molecule has 0 saturated heterocycles. The van der Waals surface area contributed by atoms with E-state index in [1.165, 1.54) is 0 Å². The first kappa shape index (κ1) is 26.6. The fraction of sp³-hybridized carbons (Fsp3) is 0.182. The summed E-state index contributed by atoms with van der Waals surface area (Å²) < 4.78 is 158. The maximum Gasteiger partial charge on any atom is 0.424 e. The van der Waals surface area contributed by atoms with Crippen LogP contribution in [0.4, 0.5) is 52.7 Å². The molecule has 188 valence electrons. The average molecular weight is 534 g/mol. The smallest absolute Gasteiger partial charge is 0.166 e. The van der Waals surface area contributed by atoms with Gasteiger partial charge in [-0.2, -0.15) is 63.6 Å². The minimum atomic E-state index is -5.22. The second-order valence-electron chi connectivity index (χ2n) is 7.02. The van der Waals surface area contributed by atoms with E-state index in [0.717, 1.165) is 18.2 Å². The highest BCUT2D eigenvalue weighted by Gasteiger charge is 2.38. The molecule has 0 bridgehead atoms. The predicted molar refractivity (Wildman–Crippen MR) is 101 cm³/mol. The highest BCUT2D eigenvalue weighted by atomic mass is 32.2. The lowest BCUT2D eigenvalue weighted by Crippen LogP contribution is -2.11. The van der Waals surface area contributed by atoms with Crippen molar-refractivity contribution in [2.24, 2.45) is 0 Å².